The molecule has 8 nitrogen and oxygen atoms in total. The van der Waals surface area contributed by atoms with Crippen molar-refractivity contribution in [3.63, 3.8) is 0 Å². The zero-order valence-electron chi connectivity index (χ0n) is 14.4. The maximum atomic E-state index is 12.7. The zero-order valence-corrected chi connectivity index (χ0v) is 15.2. The lowest BCUT2D eigenvalue weighted by Crippen LogP contribution is -2.48. The minimum atomic E-state index is -0.431. The maximum absolute atomic E-state index is 12.7. The molecule has 1 saturated heterocycles. The van der Waals surface area contributed by atoms with Crippen molar-refractivity contribution in [1.29, 1.82) is 0 Å². The van der Waals surface area contributed by atoms with Crippen LogP contribution in [0, 0.1) is 10.1 Å². The summed E-state index contributed by atoms with van der Waals surface area (Å²) in [5.74, 6) is 0.519. The number of fused-ring (bicyclic) bond motifs is 1. The van der Waals surface area contributed by atoms with Crippen LogP contribution in [0.2, 0.25) is 0 Å². The quantitative estimate of drug-likeness (QED) is 0.549. The normalized spacial score (nSPS) is 17.0. The van der Waals surface area contributed by atoms with Gasteiger partial charge >= 0.3 is 0 Å². The maximum Gasteiger partial charge on any atom is 0.270 e. The first-order valence-electron chi connectivity index (χ1n) is 8.61. The summed E-state index contributed by atoms with van der Waals surface area (Å²) in [6.07, 6.45) is 5.26. The Morgan fingerprint density at radius 1 is 1.30 bits per heavy atom. The molecule has 3 heterocycles. The number of aromatic nitrogens is 2. The van der Waals surface area contributed by atoms with E-state index in [0.717, 1.165) is 24.1 Å². The number of amides is 1. The van der Waals surface area contributed by atoms with Crippen LogP contribution in [-0.4, -0.2) is 39.9 Å². The minimum Gasteiger partial charge on any atom is -0.347 e. The van der Waals surface area contributed by atoms with Gasteiger partial charge in [0.15, 0.2) is 0 Å². The Morgan fingerprint density at radius 3 is 2.89 bits per heavy atom. The van der Waals surface area contributed by atoms with Gasteiger partial charge in [0.1, 0.15) is 0 Å². The summed E-state index contributed by atoms with van der Waals surface area (Å²) >= 11 is 1.34. The molecule has 138 valence electrons. The number of nitro groups is 1. The molecule has 1 fully saturated rings. The van der Waals surface area contributed by atoms with Crippen LogP contribution in [0.1, 0.15) is 22.5 Å². The Labute approximate surface area is 159 Å². The number of thiophene rings is 1. The van der Waals surface area contributed by atoms with Crippen LogP contribution in [0.25, 0.3) is 10.1 Å². The molecule has 3 aromatic rings. The predicted octanol–water partition coefficient (Wildman–Crippen LogP) is 3.00. The highest BCUT2D eigenvalue weighted by molar-refractivity contribution is 7.20. The fraction of sp³-hybridized carbons (Fsp3) is 0.278. The standard InChI is InChI=1S/C18H17N5O3S/c24-17(16-10-12-9-14(23(25)26)4-5-15(12)27-16)21-13-3-1-8-22(11-13)18-19-6-2-7-20-18/h2,4-7,9-10,13H,1,3,8,11H2,(H,21,24). The lowest BCUT2D eigenvalue weighted by molar-refractivity contribution is -0.384. The molecule has 1 atom stereocenters. The highest BCUT2D eigenvalue weighted by Crippen LogP contribution is 2.29. The molecule has 9 heteroatoms. The van der Waals surface area contributed by atoms with Crippen LogP contribution in [0.5, 0.6) is 0 Å². The molecule has 2 aromatic heterocycles. The monoisotopic (exact) mass is 383 g/mol. The molecule has 0 bridgehead atoms. The number of anilines is 1. The molecule has 0 spiro atoms. The summed E-state index contributed by atoms with van der Waals surface area (Å²) in [6.45, 7) is 1.52. The third kappa shape index (κ3) is 3.72. The van der Waals surface area contributed by atoms with E-state index in [1.54, 1.807) is 30.6 Å². The van der Waals surface area contributed by atoms with Gasteiger partial charge in [0.2, 0.25) is 5.95 Å². The molecule has 4 rings (SSSR count). The van der Waals surface area contributed by atoms with E-state index in [1.165, 1.54) is 23.5 Å². The number of hydrogen-bond donors (Lipinski definition) is 1. The van der Waals surface area contributed by atoms with Crippen LogP contribution in [0.15, 0.2) is 42.7 Å². The topological polar surface area (TPSA) is 101 Å². The van der Waals surface area contributed by atoms with E-state index in [2.05, 4.69) is 20.2 Å². The summed E-state index contributed by atoms with van der Waals surface area (Å²) in [6, 6.07) is 8.14. The summed E-state index contributed by atoms with van der Waals surface area (Å²) in [5, 5.41) is 14.7. The molecule has 0 radical (unpaired) electrons. The summed E-state index contributed by atoms with van der Waals surface area (Å²) < 4.78 is 0.855. The molecule has 0 saturated carbocycles. The molecular formula is C18H17N5O3S. The Bertz CT molecular complexity index is 991. The molecule has 1 aromatic carbocycles. The van der Waals surface area contributed by atoms with E-state index in [4.69, 9.17) is 0 Å². The molecule has 1 aliphatic rings. The van der Waals surface area contributed by atoms with Crippen LogP contribution in [-0.2, 0) is 0 Å². The van der Waals surface area contributed by atoms with Gasteiger partial charge < -0.3 is 10.2 Å². The number of nitrogens with one attached hydrogen (secondary N) is 1. The number of carbonyl (C=O) groups excluding carboxylic acids is 1. The summed E-state index contributed by atoms with van der Waals surface area (Å²) in [4.78, 5) is 34.3. The van der Waals surface area contributed by atoms with Crippen molar-refractivity contribution < 1.29 is 9.72 Å². The first-order chi connectivity index (χ1) is 13.1. The first kappa shape index (κ1) is 17.3. The second-order valence-corrected chi connectivity index (χ2v) is 7.48. The molecule has 27 heavy (non-hydrogen) atoms. The smallest absolute Gasteiger partial charge is 0.270 e. The number of rotatable bonds is 4. The van der Waals surface area contributed by atoms with Crippen LogP contribution in [0.3, 0.4) is 0 Å². The Kier molecular flexibility index (Phi) is 4.68. The summed E-state index contributed by atoms with van der Waals surface area (Å²) in [7, 11) is 0. The Morgan fingerprint density at radius 2 is 2.11 bits per heavy atom. The average molecular weight is 383 g/mol. The lowest BCUT2D eigenvalue weighted by Gasteiger charge is -2.32. The fourth-order valence-corrected chi connectivity index (χ4v) is 4.19. The van der Waals surface area contributed by atoms with Crippen LogP contribution >= 0.6 is 11.3 Å². The van der Waals surface area contributed by atoms with Gasteiger partial charge in [0.25, 0.3) is 11.6 Å². The number of non-ortho nitro benzene ring substituents is 1. The number of nitrogens with zero attached hydrogens (tertiary/aromatic N) is 4. The number of benzene rings is 1. The van der Waals surface area contributed by atoms with Gasteiger partial charge in [0, 0.05) is 53.7 Å². The second-order valence-electron chi connectivity index (χ2n) is 6.40. The summed E-state index contributed by atoms with van der Waals surface area (Å²) in [5.41, 5.74) is 0.0260. The number of carbonyl (C=O) groups is 1. The lowest BCUT2D eigenvalue weighted by atomic mass is 10.1. The van der Waals surface area contributed by atoms with Gasteiger partial charge in [-0.15, -0.1) is 11.3 Å². The highest BCUT2D eigenvalue weighted by atomic mass is 32.1. The van der Waals surface area contributed by atoms with Crippen molar-refractivity contribution in [2.45, 2.75) is 18.9 Å². The van der Waals surface area contributed by atoms with Crippen molar-refractivity contribution in [2.75, 3.05) is 18.0 Å². The number of piperidine rings is 1. The van der Waals surface area contributed by atoms with E-state index < -0.39 is 4.92 Å². The van der Waals surface area contributed by atoms with Gasteiger partial charge in [-0.25, -0.2) is 9.97 Å². The Balaban J connectivity index is 1.47. The second kappa shape index (κ2) is 7.28. The average Bonchev–Trinajstić information content (AvgIpc) is 3.12. The van der Waals surface area contributed by atoms with Crippen molar-refractivity contribution in [3.05, 3.63) is 57.7 Å². The SMILES string of the molecule is O=C(NC1CCCN(c2ncccn2)C1)c1cc2cc([N+](=O)[O-])ccc2s1. The molecule has 1 aliphatic heterocycles. The van der Waals surface area contributed by atoms with Crippen LogP contribution in [0.4, 0.5) is 11.6 Å². The van der Waals surface area contributed by atoms with Gasteiger partial charge in [0.05, 0.1) is 9.80 Å². The van der Waals surface area contributed by atoms with Crippen molar-refractivity contribution >= 4 is 39.0 Å². The predicted molar refractivity (Wildman–Crippen MR) is 103 cm³/mol. The third-order valence-electron chi connectivity index (χ3n) is 4.53. The minimum absolute atomic E-state index is 0.00889. The van der Waals surface area contributed by atoms with Gasteiger partial charge in [-0.1, -0.05) is 0 Å². The molecule has 0 aliphatic carbocycles. The highest BCUT2D eigenvalue weighted by Gasteiger charge is 2.24. The number of hydrogen-bond acceptors (Lipinski definition) is 7. The van der Waals surface area contributed by atoms with E-state index in [9.17, 15) is 14.9 Å². The van der Waals surface area contributed by atoms with Gasteiger partial charge in [-0.2, -0.15) is 0 Å². The molecule has 1 unspecified atom stereocenters. The van der Waals surface area contributed by atoms with Gasteiger partial charge in [-0.05, 0) is 31.0 Å². The fourth-order valence-electron chi connectivity index (χ4n) is 3.24. The van der Waals surface area contributed by atoms with E-state index >= 15 is 0 Å². The van der Waals surface area contributed by atoms with E-state index in [1.807, 2.05) is 0 Å². The largest absolute Gasteiger partial charge is 0.347 e. The van der Waals surface area contributed by atoms with Crippen molar-refractivity contribution in [3.8, 4) is 0 Å². The Hall–Kier alpha value is -3.07. The zero-order chi connectivity index (χ0) is 18.8. The van der Waals surface area contributed by atoms with Crippen LogP contribution < -0.4 is 10.2 Å². The number of nitro benzene ring substituents is 1. The van der Waals surface area contributed by atoms with E-state index in [-0.39, 0.29) is 17.6 Å². The third-order valence-corrected chi connectivity index (χ3v) is 5.64. The van der Waals surface area contributed by atoms with Gasteiger partial charge in [-0.3, -0.25) is 14.9 Å². The van der Waals surface area contributed by atoms with Crippen molar-refractivity contribution in [1.82, 2.24) is 15.3 Å². The van der Waals surface area contributed by atoms with E-state index in [0.29, 0.717) is 22.8 Å². The first-order valence-corrected chi connectivity index (χ1v) is 9.42. The molecular weight excluding hydrogens is 366 g/mol. The molecule has 1 N–H and O–H groups in total. The molecule has 1 amide bonds. The van der Waals surface area contributed by atoms with Crippen molar-refractivity contribution in [2.24, 2.45) is 0 Å².